The molecule has 2 heterocycles. The number of aromatic nitrogens is 1. The maximum Gasteiger partial charge on any atom is 0.255 e. The van der Waals surface area contributed by atoms with Crippen molar-refractivity contribution in [2.75, 3.05) is 18.4 Å². The van der Waals surface area contributed by atoms with E-state index in [-0.39, 0.29) is 17.7 Å². The fourth-order valence-corrected chi connectivity index (χ4v) is 4.27. The van der Waals surface area contributed by atoms with Crippen molar-refractivity contribution in [3.8, 4) is 5.69 Å². The van der Waals surface area contributed by atoms with Crippen LogP contribution in [0.3, 0.4) is 0 Å². The number of carbonyl (C=O) groups excluding carboxylic acids is 2. The largest absolute Gasteiger partial charge is 0.338 e. The number of aryl methyl sites for hydroxylation is 1. The number of rotatable bonds is 4. The first-order valence-corrected chi connectivity index (χ1v) is 10.4. The number of anilines is 1. The summed E-state index contributed by atoms with van der Waals surface area (Å²) in [6.07, 6.45) is 1.63. The van der Waals surface area contributed by atoms with Gasteiger partial charge in [0.1, 0.15) is 0 Å². The quantitative estimate of drug-likeness (QED) is 0.695. The second-order valence-electron chi connectivity index (χ2n) is 7.90. The van der Waals surface area contributed by atoms with Crippen LogP contribution in [-0.4, -0.2) is 34.4 Å². The lowest BCUT2D eigenvalue weighted by molar-refractivity contribution is -0.121. The van der Waals surface area contributed by atoms with Crippen LogP contribution < -0.4 is 5.32 Å². The van der Waals surface area contributed by atoms with Crippen LogP contribution in [-0.2, 0) is 4.79 Å². The van der Waals surface area contributed by atoms with Crippen molar-refractivity contribution < 1.29 is 9.59 Å². The van der Waals surface area contributed by atoms with Gasteiger partial charge in [-0.3, -0.25) is 9.59 Å². The van der Waals surface area contributed by atoms with Crippen LogP contribution in [0.4, 0.5) is 5.69 Å². The molecule has 1 saturated heterocycles. The number of nitrogens with one attached hydrogen (secondary N) is 1. The Morgan fingerprint density at radius 1 is 0.967 bits per heavy atom. The van der Waals surface area contributed by atoms with Crippen LogP contribution in [0.15, 0.2) is 66.7 Å². The van der Waals surface area contributed by atoms with Gasteiger partial charge in [-0.25, -0.2) is 0 Å². The van der Waals surface area contributed by atoms with Crippen molar-refractivity contribution in [1.82, 2.24) is 9.47 Å². The number of benzene rings is 2. The van der Waals surface area contributed by atoms with Crippen molar-refractivity contribution in [2.24, 2.45) is 5.92 Å². The molecule has 0 bridgehead atoms. The van der Waals surface area contributed by atoms with E-state index < -0.39 is 0 Å². The van der Waals surface area contributed by atoms with E-state index in [4.69, 9.17) is 0 Å². The van der Waals surface area contributed by atoms with Crippen molar-refractivity contribution >= 4 is 17.5 Å². The summed E-state index contributed by atoms with van der Waals surface area (Å²) in [6, 6.07) is 21.5. The third-order valence-electron chi connectivity index (χ3n) is 5.80. The molecular formula is C25H27N3O2. The highest BCUT2D eigenvalue weighted by molar-refractivity contribution is 5.97. The van der Waals surface area contributed by atoms with Crippen LogP contribution in [0.2, 0.25) is 0 Å². The molecule has 5 nitrogen and oxygen atoms in total. The van der Waals surface area contributed by atoms with Gasteiger partial charge in [-0.1, -0.05) is 36.4 Å². The lowest BCUT2D eigenvalue weighted by atomic mass is 9.96. The summed E-state index contributed by atoms with van der Waals surface area (Å²) in [7, 11) is 0. The second-order valence-corrected chi connectivity index (χ2v) is 7.90. The van der Waals surface area contributed by atoms with Crippen LogP contribution in [0, 0.1) is 19.8 Å². The Kier molecular flexibility index (Phi) is 5.70. The zero-order valence-corrected chi connectivity index (χ0v) is 17.5. The lowest BCUT2D eigenvalue weighted by Gasteiger charge is -2.32. The average Bonchev–Trinajstić information content (AvgIpc) is 3.08. The number of hydrogen-bond acceptors (Lipinski definition) is 2. The summed E-state index contributed by atoms with van der Waals surface area (Å²) in [4.78, 5) is 27.9. The molecule has 1 unspecified atom stereocenters. The molecule has 0 saturated carbocycles. The number of likely N-dealkylation sites (tertiary alicyclic amines) is 1. The van der Waals surface area contributed by atoms with E-state index in [0.29, 0.717) is 18.7 Å². The molecule has 1 aliphatic rings. The minimum Gasteiger partial charge on any atom is -0.338 e. The first kappa shape index (κ1) is 20.0. The molecule has 0 radical (unpaired) electrons. The molecule has 1 aromatic heterocycles. The van der Waals surface area contributed by atoms with Crippen LogP contribution >= 0.6 is 0 Å². The highest BCUT2D eigenvalue weighted by Crippen LogP contribution is 2.25. The number of nitrogens with zero attached hydrogens (tertiary/aromatic N) is 2. The van der Waals surface area contributed by atoms with Gasteiger partial charge in [0.15, 0.2) is 0 Å². The second kappa shape index (κ2) is 8.57. The van der Waals surface area contributed by atoms with E-state index in [1.54, 1.807) is 0 Å². The lowest BCUT2D eigenvalue weighted by Crippen LogP contribution is -2.43. The molecule has 30 heavy (non-hydrogen) atoms. The highest BCUT2D eigenvalue weighted by Gasteiger charge is 2.30. The van der Waals surface area contributed by atoms with E-state index in [1.807, 2.05) is 85.5 Å². The Morgan fingerprint density at radius 3 is 2.33 bits per heavy atom. The Labute approximate surface area is 177 Å². The highest BCUT2D eigenvalue weighted by atomic mass is 16.2. The SMILES string of the molecule is Cc1cc(C(=O)N2CCCC(C(=O)Nc3ccccc3)C2)c(C)n1-c1ccccc1. The van der Waals surface area contributed by atoms with Crippen molar-refractivity contribution in [1.29, 1.82) is 0 Å². The number of carbonyl (C=O) groups is 2. The number of para-hydroxylation sites is 2. The first-order chi connectivity index (χ1) is 14.5. The molecule has 1 N–H and O–H groups in total. The van der Waals surface area contributed by atoms with Crippen LogP contribution in [0.5, 0.6) is 0 Å². The Bertz CT molecular complexity index is 1040. The summed E-state index contributed by atoms with van der Waals surface area (Å²) in [6.45, 7) is 5.13. The van der Waals surface area contributed by atoms with Gasteiger partial charge in [-0.15, -0.1) is 0 Å². The van der Waals surface area contributed by atoms with Crippen LogP contribution in [0.1, 0.15) is 34.6 Å². The number of amides is 2. The monoisotopic (exact) mass is 401 g/mol. The van der Waals surface area contributed by atoms with Gasteiger partial charge in [0.2, 0.25) is 5.91 Å². The minimum atomic E-state index is -0.194. The van der Waals surface area contributed by atoms with Crippen molar-refractivity contribution in [3.63, 3.8) is 0 Å². The topological polar surface area (TPSA) is 54.3 Å². The van der Waals surface area contributed by atoms with Gasteiger partial charge in [0, 0.05) is 35.9 Å². The van der Waals surface area contributed by atoms with Gasteiger partial charge >= 0.3 is 0 Å². The molecule has 154 valence electrons. The summed E-state index contributed by atoms with van der Waals surface area (Å²) < 4.78 is 2.11. The van der Waals surface area contributed by atoms with Gasteiger partial charge in [0.25, 0.3) is 5.91 Å². The predicted molar refractivity (Wildman–Crippen MR) is 119 cm³/mol. The molecule has 1 aliphatic heterocycles. The van der Waals surface area contributed by atoms with E-state index >= 15 is 0 Å². The van der Waals surface area contributed by atoms with E-state index in [2.05, 4.69) is 9.88 Å². The molecule has 1 fully saturated rings. The van der Waals surface area contributed by atoms with E-state index in [9.17, 15) is 9.59 Å². The van der Waals surface area contributed by atoms with Gasteiger partial charge in [-0.05, 0) is 57.0 Å². The first-order valence-electron chi connectivity index (χ1n) is 10.4. The van der Waals surface area contributed by atoms with E-state index in [0.717, 1.165) is 35.6 Å². The Balaban J connectivity index is 1.50. The van der Waals surface area contributed by atoms with E-state index in [1.165, 1.54) is 0 Å². The van der Waals surface area contributed by atoms with Gasteiger partial charge in [0.05, 0.1) is 11.5 Å². The number of hydrogen-bond donors (Lipinski definition) is 1. The van der Waals surface area contributed by atoms with Crippen molar-refractivity contribution in [3.05, 3.63) is 83.7 Å². The minimum absolute atomic E-state index is 0.00231. The third-order valence-corrected chi connectivity index (χ3v) is 5.80. The van der Waals surface area contributed by atoms with Gasteiger partial charge < -0.3 is 14.8 Å². The zero-order chi connectivity index (χ0) is 21.1. The molecule has 2 amide bonds. The summed E-state index contributed by atoms with van der Waals surface area (Å²) in [5, 5.41) is 2.98. The fraction of sp³-hybridized carbons (Fsp3) is 0.280. The molecule has 1 atom stereocenters. The molecule has 0 spiro atoms. The smallest absolute Gasteiger partial charge is 0.255 e. The average molecular weight is 402 g/mol. The van der Waals surface area contributed by atoms with Crippen molar-refractivity contribution in [2.45, 2.75) is 26.7 Å². The Morgan fingerprint density at radius 2 is 1.63 bits per heavy atom. The molecule has 0 aliphatic carbocycles. The molecule has 3 aromatic rings. The third kappa shape index (κ3) is 4.01. The Hall–Kier alpha value is -3.34. The summed E-state index contributed by atoms with van der Waals surface area (Å²) in [5.41, 5.74) is 4.50. The predicted octanol–water partition coefficient (Wildman–Crippen LogP) is 4.59. The standard InChI is InChI=1S/C25H27N3O2/c1-18-16-23(19(2)28(18)22-13-7-4-8-14-22)25(30)27-15-9-10-20(17-27)24(29)26-21-11-5-3-6-12-21/h3-8,11-14,16,20H,9-10,15,17H2,1-2H3,(H,26,29). The summed E-state index contributed by atoms with van der Waals surface area (Å²) in [5.74, 6) is -0.212. The molecule has 5 heteroatoms. The van der Waals surface area contributed by atoms with Gasteiger partial charge in [-0.2, -0.15) is 0 Å². The molecule has 2 aromatic carbocycles. The van der Waals surface area contributed by atoms with Crippen LogP contribution in [0.25, 0.3) is 5.69 Å². The number of piperidine rings is 1. The summed E-state index contributed by atoms with van der Waals surface area (Å²) >= 11 is 0. The maximum atomic E-state index is 13.3. The normalized spacial score (nSPS) is 16.3. The zero-order valence-electron chi connectivity index (χ0n) is 17.5. The fourth-order valence-electron chi connectivity index (χ4n) is 4.27. The molecule has 4 rings (SSSR count). The maximum absolute atomic E-state index is 13.3. The molecular weight excluding hydrogens is 374 g/mol.